The summed E-state index contributed by atoms with van der Waals surface area (Å²) in [5.41, 5.74) is 1.52. The number of piperidine rings is 1. The van der Waals surface area contributed by atoms with Crippen LogP contribution in [0.3, 0.4) is 0 Å². The molecule has 0 bridgehead atoms. The van der Waals surface area contributed by atoms with E-state index < -0.39 is 10.0 Å². The molecular weight excluding hydrogens is 398 g/mol. The molecule has 2 aromatic rings. The van der Waals surface area contributed by atoms with Crippen molar-refractivity contribution < 1.29 is 13.2 Å². The van der Waals surface area contributed by atoms with Gasteiger partial charge in [-0.2, -0.15) is 4.31 Å². The lowest BCUT2D eigenvalue weighted by molar-refractivity contribution is 0.0498. The molecule has 7 heteroatoms. The Balaban J connectivity index is 1.62. The summed E-state index contributed by atoms with van der Waals surface area (Å²) in [6, 6.07) is 16.5. The largest absolute Gasteiger partial charge is 0.329 e. The van der Waals surface area contributed by atoms with Gasteiger partial charge < -0.3 is 9.80 Å². The van der Waals surface area contributed by atoms with E-state index in [4.69, 9.17) is 0 Å². The third-order valence-electron chi connectivity index (χ3n) is 6.06. The lowest BCUT2D eigenvalue weighted by Crippen LogP contribution is -2.49. The molecule has 0 spiro atoms. The number of sulfonamides is 1. The number of rotatable bonds is 4. The summed E-state index contributed by atoms with van der Waals surface area (Å²) in [6.45, 7) is 3.25. The highest BCUT2D eigenvalue weighted by Crippen LogP contribution is 2.28. The molecule has 2 heterocycles. The second kappa shape index (κ2) is 8.88. The monoisotopic (exact) mass is 427 g/mol. The van der Waals surface area contributed by atoms with Crippen LogP contribution in [0, 0.1) is 0 Å². The van der Waals surface area contributed by atoms with Gasteiger partial charge in [0.25, 0.3) is 5.91 Å². The summed E-state index contributed by atoms with van der Waals surface area (Å²) in [5.74, 6) is -0.118. The van der Waals surface area contributed by atoms with Gasteiger partial charge >= 0.3 is 0 Å². The van der Waals surface area contributed by atoms with Gasteiger partial charge in [-0.05, 0) is 43.7 Å². The first kappa shape index (κ1) is 21.0. The van der Waals surface area contributed by atoms with E-state index in [9.17, 15) is 13.2 Å². The molecule has 160 valence electrons. The number of benzene rings is 2. The van der Waals surface area contributed by atoms with Crippen molar-refractivity contribution in [3.8, 4) is 0 Å². The van der Waals surface area contributed by atoms with Crippen molar-refractivity contribution in [2.75, 3.05) is 39.8 Å². The Labute approximate surface area is 179 Å². The van der Waals surface area contributed by atoms with Crippen LogP contribution >= 0.6 is 0 Å². The van der Waals surface area contributed by atoms with Crippen LogP contribution < -0.4 is 0 Å². The molecule has 2 aliphatic heterocycles. The minimum atomic E-state index is -3.57. The zero-order valence-corrected chi connectivity index (χ0v) is 18.2. The Morgan fingerprint density at radius 3 is 2.37 bits per heavy atom. The molecule has 2 aliphatic rings. The standard InChI is InChI=1S/C23H29N3O3S/c1-24-15-16-26(22(18-24)19-9-4-2-5-10-19)23(27)20-11-8-12-21(17-20)30(28,29)25-13-6-3-7-14-25/h2,4-5,8-12,17,22H,3,6-7,13-16,18H2,1H3/t22-/m1/s1. The SMILES string of the molecule is CN1CCN(C(=O)c2cccc(S(=O)(=O)N3CCCCC3)c2)[C@@H](c2ccccc2)C1. The Kier molecular flexibility index (Phi) is 6.22. The Morgan fingerprint density at radius 1 is 0.900 bits per heavy atom. The quantitative estimate of drug-likeness (QED) is 0.753. The molecule has 2 saturated heterocycles. The van der Waals surface area contributed by atoms with Crippen LogP contribution in [0.15, 0.2) is 59.5 Å². The normalized spacial score (nSPS) is 21.5. The number of hydrogen-bond donors (Lipinski definition) is 0. The number of likely N-dealkylation sites (N-methyl/N-ethyl adjacent to an activating group) is 1. The van der Waals surface area contributed by atoms with Gasteiger partial charge in [-0.3, -0.25) is 4.79 Å². The van der Waals surface area contributed by atoms with Crippen LogP contribution in [0.25, 0.3) is 0 Å². The van der Waals surface area contributed by atoms with Crippen molar-refractivity contribution in [2.24, 2.45) is 0 Å². The first-order valence-electron chi connectivity index (χ1n) is 10.6. The summed E-state index contributed by atoms with van der Waals surface area (Å²) in [5, 5.41) is 0. The third-order valence-corrected chi connectivity index (χ3v) is 7.96. The summed E-state index contributed by atoms with van der Waals surface area (Å²) in [6.07, 6.45) is 2.84. The summed E-state index contributed by atoms with van der Waals surface area (Å²) in [4.78, 5) is 17.8. The van der Waals surface area contributed by atoms with Crippen molar-refractivity contribution in [3.05, 3.63) is 65.7 Å². The maximum absolute atomic E-state index is 13.4. The highest BCUT2D eigenvalue weighted by Gasteiger charge is 2.32. The average molecular weight is 428 g/mol. The van der Waals surface area contributed by atoms with E-state index in [0.717, 1.165) is 37.9 Å². The van der Waals surface area contributed by atoms with Crippen LogP contribution in [-0.4, -0.2) is 68.2 Å². The number of amides is 1. The Hall–Kier alpha value is -2.22. The summed E-state index contributed by atoms with van der Waals surface area (Å²) in [7, 11) is -1.51. The van der Waals surface area contributed by atoms with Crippen LogP contribution in [0.1, 0.15) is 41.2 Å². The van der Waals surface area contributed by atoms with E-state index in [1.165, 1.54) is 0 Å². The molecule has 1 amide bonds. The van der Waals surface area contributed by atoms with Gasteiger partial charge in [-0.15, -0.1) is 0 Å². The molecular formula is C23H29N3O3S. The number of nitrogens with zero attached hydrogens (tertiary/aromatic N) is 3. The molecule has 2 aromatic carbocycles. The number of carbonyl (C=O) groups is 1. The summed E-state index contributed by atoms with van der Waals surface area (Å²) >= 11 is 0. The fourth-order valence-corrected chi connectivity index (χ4v) is 5.90. The highest BCUT2D eigenvalue weighted by atomic mass is 32.2. The predicted molar refractivity (Wildman–Crippen MR) is 117 cm³/mol. The molecule has 0 saturated carbocycles. The van der Waals surface area contributed by atoms with Gasteiger partial charge in [0.15, 0.2) is 0 Å². The van der Waals surface area contributed by atoms with Gasteiger partial charge in [0.2, 0.25) is 10.0 Å². The average Bonchev–Trinajstić information content (AvgIpc) is 2.80. The third kappa shape index (κ3) is 4.29. The fourth-order valence-electron chi connectivity index (χ4n) is 4.33. The van der Waals surface area contributed by atoms with Crippen molar-refractivity contribution in [2.45, 2.75) is 30.2 Å². The highest BCUT2D eigenvalue weighted by molar-refractivity contribution is 7.89. The maximum atomic E-state index is 13.4. The number of hydrogen-bond acceptors (Lipinski definition) is 4. The van der Waals surface area contributed by atoms with Crippen molar-refractivity contribution in [1.29, 1.82) is 0 Å². The first-order chi connectivity index (χ1) is 14.5. The van der Waals surface area contributed by atoms with Crippen LogP contribution in [0.4, 0.5) is 0 Å². The molecule has 4 rings (SSSR count). The van der Waals surface area contributed by atoms with Gasteiger partial charge in [0.1, 0.15) is 0 Å². The minimum Gasteiger partial charge on any atom is -0.329 e. The first-order valence-corrected chi connectivity index (χ1v) is 12.1. The molecule has 0 aromatic heterocycles. The predicted octanol–water partition coefficient (Wildman–Crippen LogP) is 2.99. The molecule has 30 heavy (non-hydrogen) atoms. The summed E-state index contributed by atoms with van der Waals surface area (Å²) < 4.78 is 27.7. The van der Waals surface area contributed by atoms with Gasteiger partial charge in [-0.25, -0.2) is 8.42 Å². The van der Waals surface area contributed by atoms with Crippen molar-refractivity contribution in [3.63, 3.8) is 0 Å². The number of carbonyl (C=O) groups excluding carboxylic acids is 1. The van der Waals surface area contributed by atoms with Crippen LogP contribution in [-0.2, 0) is 10.0 Å². The smallest absolute Gasteiger partial charge is 0.254 e. The van der Waals surface area contributed by atoms with E-state index in [-0.39, 0.29) is 16.8 Å². The molecule has 6 nitrogen and oxygen atoms in total. The Bertz CT molecular complexity index is 988. The van der Waals surface area contributed by atoms with Crippen LogP contribution in [0.2, 0.25) is 0 Å². The van der Waals surface area contributed by atoms with Crippen molar-refractivity contribution >= 4 is 15.9 Å². The molecule has 2 fully saturated rings. The van der Waals surface area contributed by atoms with Crippen LogP contribution in [0.5, 0.6) is 0 Å². The lowest BCUT2D eigenvalue weighted by Gasteiger charge is -2.40. The van der Waals surface area contributed by atoms with Crippen molar-refractivity contribution in [1.82, 2.24) is 14.1 Å². The second-order valence-electron chi connectivity index (χ2n) is 8.18. The lowest BCUT2D eigenvalue weighted by atomic mass is 10.0. The van der Waals surface area contributed by atoms with E-state index in [2.05, 4.69) is 11.9 Å². The van der Waals surface area contributed by atoms with Gasteiger partial charge in [0, 0.05) is 38.3 Å². The van der Waals surface area contributed by atoms with E-state index in [1.54, 1.807) is 28.6 Å². The zero-order chi connectivity index (χ0) is 21.1. The van der Waals surface area contributed by atoms with Gasteiger partial charge in [-0.1, -0.05) is 42.8 Å². The van der Waals surface area contributed by atoms with Gasteiger partial charge in [0.05, 0.1) is 10.9 Å². The molecule has 0 radical (unpaired) electrons. The maximum Gasteiger partial charge on any atom is 0.254 e. The molecule has 0 unspecified atom stereocenters. The van der Waals surface area contributed by atoms with E-state index >= 15 is 0 Å². The number of piperazine rings is 1. The topological polar surface area (TPSA) is 60.9 Å². The zero-order valence-electron chi connectivity index (χ0n) is 17.4. The van der Waals surface area contributed by atoms with E-state index in [0.29, 0.717) is 25.2 Å². The fraction of sp³-hybridized carbons (Fsp3) is 0.435. The Morgan fingerprint density at radius 2 is 1.63 bits per heavy atom. The second-order valence-corrected chi connectivity index (χ2v) is 10.1. The van der Waals surface area contributed by atoms with E-state index in [1.807, 2.05) is 35.2 Å². The molecule has 0 N–H and O–H groups in total. The minimum absolute atomic E-state index is 0.0557. The molecule has 0 aliphatic carbocycles. The molecule has 1 atom stereocenters.